The number of aldehydes is 1. The van der Waals surface area contributed by atoms with Gasteiger partial charge in [-0.2, -0.15) is 0 Å². The number of rotatable bonds is 4. The number of carbonyl (C=O) groups excluding carboxylic acids is 1. The third kappa shape index (κ3) is 2.16. The lowest BCUT2D eigenvalue weighted by Crippen LogP contribution is -2.22. The van der Waals surface area contributed by atoms with E-state index in [-0.39, 0.29) is 0 Å². The predicted octanol–water partition coefficient (Wildman–Crippen LogP) is 1.79. The lowest BCUT2D eigenvalue weighted by atomic mass is 10.3. The number of imidazole rings is 1. The van der Waals surface area contributed by atoms with Crippen molar-refractivity contribution in [2.24, 2.45) is 0 Å². The summed E-state index contributed by atoms with van der Waals surface area (Å²) in [5.41, 5.74) is 1.70. The van der Waals surface area contributed by atoms with Crippen molar-refractivity contribution in [3.63, 3.8) is 0 Å². The van der Waals surface area contributed by atoms with Crippen molar-refractivity contribution in [3.05, 3.63) is 35.9 Å². The quantitative estimate of drug-likeness (QED) is 0.768. The van der Waals surface area contributed by atoms with E-state index in [1.54, 1.807) is 0 Å². The fraction of sp³-hybridized carbons (Fsp3) is 0.429. The predicted molar refractivity (Wildman–Crippen MR) is 70.0 cm³/mol. The fourth-order valence-electron chi connectivity index (χ4n) is 2.60. The Morgan fingerprint density at radius 3 is 2.94 bits per heavy atom. The monoisotopic (exact) mass is 243 g/mol. The molecule has 0 N–H and O–H groups in total. The van der Waals surface area contributed by atoms with Gasteiger partial charge in [-0.1, -0.05) is 0 Å². The summed E-state index contributed by atoms with van der Waals surface area (Å²) < 4.78 is 2.07. The van der Waals surface area contributed by atoms with Gasteiger partial charge in [-0.15, -0.1) is 0 Å². The van der Waals surface area contributed by atoms with Crippen LogP contribution in [0.15, 0.2) is 24.5 Å². The zero-order chi connectivity index (χ0) is 12.4. The molecule has 0 unspecified atom stereocenters. The van der Waals surface area contributed by atoms with Gasteiger partial charge < -0.3 is 9.30 Å². The average Bonchev–Trinajstić information content (AvgIpc) is 3.05. The van der Waals surface area contributed by atoms with E-state index in [2.05, 4.69) is 14.3 Å². The number of nitrogens with zero attached hydrogens (tertiary/aromatic N) is 3. The molecule has 1 saturated heterocycles. The van der Waals surface area contributed by atoms with Gasteiger partial charge in [-0.3, -0.25) is 4.79 Å². The van der Waals surface area contributed by atoms with Crippen LogP contribution in [0, 0.1) is 0 Å². The van der Waals surface area contributed by atoms with Crippen molar-refractivity contribution in [1.29, 1.82) is 0 Å². The van der Waals surface area contributed by atoms with Gasteiger partial charge in [0.05, 0.1) is 11.7 Å². The van der Waals surface area contributed by atoms with Crippen LogP contribution in [0.25, 0.3) is 5.52 Å². The van der Waals surface area contributed by atoms with Crippen molar-refractivity contribution < 1.29 is 4.79 Å². The SMILES string of the molecule is O=Cc1ccn2c(CCN3CCCC3)ncc2c1. The lowest BCUT2D eigenvalue weighted by Gasteiger charge is -2.13. The van der Waals surface area contributed by atoms with Gasteiger partial charge >= 0.3 is 0 Å². The van der Waals surface area contributed by atoms with Crippen LogP contribution in [0.2, 0.25) is 0 Å². The number of fused-ring (bicyclic) bond motifs is 1. The van der Waals surface area contributed by atoms with Gasteiger partial charge in [0.1, 0.15) is 12.1 Å². The molecule has 0 saturated carbocycles. The Bertz CT molecular complexity index is 555. The molecule has 1 aliphatic heterocycles. The van der Waals surface area contributed by atoms with E-state index in [4.69, 9.17) is 0 Å². The zero-order valence-corrected chi connectivity index (χ0v) is 10.4. The van der Waals surface area contributed by atoms with Crippen molar-refractivity contribution in [1.82, 2.24) is 14.3 Å². The standard InChI is InChI=1S/C14H17N3O/c18-11-12-3-8-17-13(9-12)10-15-14(17)4-7-16-5-1-2-6-16/h3,8-11H,1-2,4-7H2. The molecule has 0 bridgehead atoms. The van der Waals surface area contributed by atoms with E-state index in [1.807, 2.05) is 24.5 Å². The van der Waals surface area contributed by atoms with E-state index < -0.39 is 0 Å². The summed E-state index contributed by atoms with van der Waals surface area (Å²) in [6, 6.07) is 3.71. The summed E-state index contributed by atoms with van der Waals surface area (Å²) in [7, 11) is 0. The van der Waals surface area contributed by atoms with E-state index >= 15 is 0 Å². The largest absolute Gasteiger partial charge is 0.304 e. The second-order valence-corrected chi connectivity index (χ2v) is 4.85. The zero-order valence-electron chi connectivity index (χ0n) is 10.4. The Morgan fingerprint density at radius 2 is 2.17 bits per heavy atom. The minimum absolute atomic E-state index is 0.702. The molecular formula is C14H17N3O. The maximum atomic E-state index is 10.7. The first-order chi connectivity index (χ1) is 8.86. The van der Waals surface area contributed by atoms with Crippen LogP contribution in [-0.4, -0.2) is 40.2 Å². The van der Waals surface area contributed by atoms with Gasteiger partial charge in [-0.05, 0) is 38.1 Å². The van der Waals surface area contributed by atoms with Crippen molar-refractivity contribution in [2.45, 2.75) is 19.3 Å². The van der Waals surface area contributed by atoms with Gasteiger partial charge in [0.25, 0.3) is 0 Å². The Balaban J connectivity index is 1.77. The van der Waals surface area contributed by atoms with Crippen LogP contribution in [0.3, 0.4) is 0 Å². The summed E-state index contributed by atoms with van der Waals surface area (Å²) in [4.78, 5) is 17.7. The van der Waals surface area contributed by atoms with E-state index in [0.29, 0.717) is 5.56 Å². The molecule has 2 aromatic rings. The van der Waals surface area contributed by atoms with Crippen LogP contribution in [0.4, 0.5) is 0 Å². The Hall–Kier alpha value is -1.68. The van der Waals surface area contributed by atoms with Crippen LogP contribution < -0.4 is 0 Å². The summed E-state index contributed by atoms with van der Waals surface area (Å²) in [6.45, 7) is 3.52. The maximum absolute atomic E-state index is 10.7. The molecule has 94 valence electrons. The normalized spacial score (nSPS) is 16.4. The topological polar surface area (TPSA) is 37.6 Å². The number of carbonyl (C=O) groups is 1. The number of aromatic nitrogens is 2. The molecule has 0 aliphatic carbocycles. The van der Waals surface area contributed by atoms with Crippen LogP contribution >= 0.6 is 0 Å². The number of hydrogen-bond donors (Lipinski definition) is 0. The average molecular weight is 243 g/mol. The van der Waals surface area contributed by atoms with Crippen molar-refractivity contribution in [2.75, 3.05) is 19.6 Å². The summed E-state index contributed by atoms with van der Waals surface area (Å²) >= 11 is 0. The second kappa shape index (κ2) is 4.90. The third-order valence-corrected chi connectivity index (χ3v) is 3.62. The third-order valence-electron chi connectivity index (χ3n) is 3.62. The van der Waals surface area contributed by atoms with E-state index in [9.17, 15) is 4.79 Å². The van der Waals surface area contributed by atoms with Gasteiger partial charge in [-0.25, -0.2) is 4.98 Å². The first kappa shape index (κ1) is 11.4. The minimum atomic E-state index is 0.702. The molecule has 4 heteroatoms. The van der Waals surface area contributed by atoms with Crippen LogP contribution in [0.5, 0.6) is 0 Å². The van der Waals surface area contributed by atoms with Gasteiger partial charge in [0.15, 0.2) is 0 Å². The lowest BCUT2D eigenvalue weighted by molar-refractivity contribution is 0.112. The van der Waals surface area contributed by atoms with E-state index in [1.165, 1.54) is 25.9 Å². The minimum Gasteiger partial charge on any atom is -0.304 e. The second-order valence-electron chi connectivity index (χ2n) is 4.85. The van der Waals surface area contributed by atoms with Gasteiger partial charge in [0, 0.05) is 24.7 Å². The highest BCUT2D eigenvalue weighted by atomic mass is 16.1. The Labute approximate surface area is 106 Å². The summed E-state index contributed by atoms with van der Waals surface area (Å²) in [5.74, 6) is 1.08. The molecule has 1 fully saturated rings. The maximum Gasteiger partial charge on any atom is 0.150 e. The van der Waals surface area contributed by atoms with E-state index in [0.717, 1.165) is 30.6 Å². The smallest absolute Gasteiger partial charge is 0.150 e. The molecule has 2 aromatic heterocycles. The van der Waals surface area contributed by atoms with Crippen LogP contribution in [-0.2, 0) is 6.42 Å². The van der Waals surface area contributed by atoms with Crippen LogP contribution in [0.1, 0.15) is 29.0 Å². The summed E-state index contributed by atoms with van der Waals surface area (Å²) in [6.07, 6.45) is 8.26. The van der Waals surface area contributed by atoms with Crippen molar-refractivity contribution in [3.8, 4) is 0 Å². The molecule has 0 aromatic carbocycles. The number of pyridine rings is 1. The highest BCUT2D eigenvalue weighted by Gasteiger charge is 2.12. The first-order valence-electron chi connectivity index (χ1n) is 6.50. The molecule has 18 heavy (non-hydrogen) atoms. The fourth-order valence-corrected chi connectivity index (χ4v) is 2.60. The first-order valence-corrected chi connectivity index (χ1v) is 6.50. The Morgan fingerprint density at radius 1 is 1.33 bits per heavy atom. The molecule has 0 spiro atoms. The molecule has 3 heterocycles. The molecule has 3 rings (SSSR count). The molecule has 1 aliphatic rings. The number of hydrogen-bond acceptors (Lipinski definition) is 3. The van der Waals surface area contributed by atoms with Crippen molar-refractivity contribution >= 4 is 11.8 Å². The molecular weight excluding hydrogens is 226 g/mol. The molecule has 0 amide bonds. The summed E-state index contributed by atoms with van der Waals surface area (Å²) in [5, 5.41) is 0. The molecule has 4 nitrogen and oxygen atoms in total. The molecule has 0 atom stereocenters. The Kier molecular flexibility index (Phi) is 3.11. The van der Waals surface area contributed by atoms with Gasteiger partial charge in [0.2, 0.25) is 0 Å². The highest BCUT2D eigenvalue weighted by Crippen LogP contribution is 2.12. The highest BCUT2D eigenvalue weighted by molar-refractivity contribution is 5.77. The molecule has 0 radical (unpaired) electrons. The number of likely N-dealkylation sites (tertiary alicyclic amines) is 1.